The summed E-state index contributed by atoms with van der Waals surface area (Å²) in [5.41, 5.74) is 12.8. The number of hydrogen-bond donors (Lipinski definition) is 0. The van der Waals surface area contributed by atoms with Gasteiger partial charge in [0.1, 0.15) is 0 Å². The number of rotatable bonds is 4. The van der Waals surface area contributed by atoms with Gasteiger partial charge in [0.05, 0.1) is 11.2 Å². The molecule has 2 aromatic heterocycles. The molecule has 46 heavy (non-hydrogen) atoms. The van der Waals surface area contributed by atoms with Gasteiger partial charge in [0.2, 0.25) is 0 Å². The lowest BCUT2D eigenvalue weighted by Crippen LogP contribution is -2.02. The predicted molar refractivity (Wildman–Crippen MR) is 187 cm³/mol. The molecule has 216 valence electrons. The molecule has 0 spiro atoms. The zero-order valence-corrected chi connectivity index (χ0v) is 25.0. The second-order valence-corrected chi connectivity index (χ2v) is 11.7. The normalized spacial score (nSPS) is 11.8. The lowest BCUT2D eigenvalue weighted by atomic mass is 9.97. The molecule has 0 N–H and O–H groups in total. The summed E-state index contributed by atoms with van der Waals surface area (Å²) in [4.78, 5) is 14.9. The van der Waals surface area contributed by atoms with Crippen LogP contribution in [0.4, 0.5) is 0 Å². The summed E-state index contributed by atoms with van der Waals surface area (Å²) in [6.07, 6.45) is 0.894. The Morgan fingerprint density at radius 3 is 1.65 bits per heavy atom. The van der Waals surface area contributed by atoms with Crippen molar-refractivity contribution < 1.29 is 0 Å². The molecule has 9 rings (SSSR count). The van der Waals surface area contributed by atoms with Crippen molar-refractivity contribution in [2.45, 2.75) is 6.42 Å². The lowest BCUT2D eigenvalue weighted by molar-refractivity contribution is 1.07. The van der Waals surface area contributed by atoms with Crippen LogP contribution in [-0.2, 0) is 6.42 Å². The Kier molecular flexibility index (Phi) is 6.17. The van der Waals surface area contributed by atoms with Gasteiger partial charge in [-0.25, -0.2) is 15.0 Å². The number of hydrogen-bond acceptors (Lipinski definition) is 3. The summed E-state index contributed by atoms with van der Waals surface area (Å²) in [7, 11) is 0. The third-order valence-electron chi connectivity index (χ3n) is 8.88. The van der Waals surface area contributed by atoms with Gasteiger partial charge in [0, 0.05) is 38.9 Å². The van der Waals surface area contributed by atoms with Crippen molar-refractivity contribution in [1.29, 1.82) is 0 Å². The molecule has 6 aromatic carbocycles. The van der Waals surface area contributed by atoms with Crippen molar-refractivity contribution >= 4 is 10.9 Å². The van der Waals surface area contributed by atoms with E-state index in [4.69, 9.17) is 15.0 Å². The molecule has 0 atom stereocenters. The SMILES string of the molecule is c1ccc(-c2nc(-c3ccccc3)nc(-c3cccc(-n4c5c(c6ccccc64)-c4ccccc4Cc4ccccc4-5)c3)n2)cc1. The molecule has 0 saturated heterocycles. The minimum atomic E-state index is 0.642. The molecule has 0 amide bonds. The van der Waals surface area contributed by atoms with Gasteiger partial charge >= 0.3 is 0 Å². The van der Waals surface area contributed by atoms with Crippen LogP contribution in [0.3, 0.4) is 0 Å². The van der Waals surface area contributed by atoms with Gasteiger partial charge in [0.25, 0.3) is 0 Å². The van der Waals surface area contributed by atoms with Gasteiger partial charge in [-0.1, -0.05) is 140 Å². The molecule has 1 aliphatic rings. The summed E-state index contributed by atoms with van der Waals surface area (Å²) in [5, 5.41) is 1.24. The van der Waals surface area contributed by atoms with Crippen molar-refractivity contribution in [1.82, 2.24) is 19.5 Å². The molecule has 0 bridgehead atoms. The van der Waals surface area contributed by atoms with Crippen molar-refractivity contribution in [3.63, 3.8) is 0 Å². The van der Waals surface area contributed by atoms with Crippen molar-refractivity contribution in [2.24, 2.45) is 0 Å². The molecular weight excluding hydrogens is 560 g/mol. The van der Waals surface area contributed by atoms with E-state index >= 15 is 0 Å². The minimum Gasteiger partial charge on any atom is -0.309 e. The van der Waals surface area contributed by atoms with Crippen LogP contribution in [0.15, 0.2) is 158 Å². The highest BCUT2D eigenvalue weighted by molar-refractivity contribution is 6.07. The first-order valence-corrected chi connectivity index (χ1v) is 15.6. The van der Waals surface area contributed by atoms with Crippen LogP contribution in [0.1, 0.15) is 11.1 Å². The van der Waals surface area contributed by atoms with E-state index < -0.39 is 0 Å². The maximum Gasteiger partial charge on any atom is 0.164 e. The van der Waals surface area contributed by atoms with E-state index in [0.29, 0.717) is 17.5 Å². The van der Waals surface area contributed by atoms with Gasteiger partial charge in [-0.05, 0) is 41.3 Å². The number of benzene rings is 6. The average molecular weight is 589 g/mol. The summed E-state index contributed by atoms with van der Waals surface area (Å²) in [6, 6.07) is 55.3. The zero-order valence-electron chi connectivity index (χ0n) is 25.0. The molecule has 8 aromatic rings. The van der Waals surface area contributed by atoms with Gasteiger partial charge in [-0.15, -0.1) is 0 Å². The van der Waals surface area contributed by atoms with E-state index in [1.54, 1.807) is 0 Å². The molecule has 4 nitrogen and oxygen atoms in total. The molecule has 0 aliphatic heterocycles. The Labute approximate surface area is 267 Å². The van der Waals surface area contributed by atoms with Crippen LogP contribution in [0.25, 0.3) is 73.1 Å². The fourth-order valence-corrected chi connectivity index (χ4v) is 6.79. The van der Waals surface area contributed by atoms with Gasteiger partial charge in [-0.3, -0.25) is 0 Å². The summed E-state index contributed by atoms with van der Waals surface area (Å²) in [5.74, 6) is 1.95. The highest BCUT2D eigenvalue weighted by Crippen LogP contribution is 2.47. The monoisotopic (exact) mass is 588 g/mol. The predicted octanol–water partition coefficient (Wildman–Crippen LogP) is 10.1. The molecule has 0 radical (unpaired) electrons. The van der Waals surface area contributed by atoms with Crippen molar-refractivity contribution in [3.8, 4) is 62.2 Å². The number of nitrogens with zero attached hydrogens (tertiary/aromatic N) is 4. The highest BCUT2D eigenvalue weighted by Gasteiger charge is 2.27. The Morgan fingerprint density at radius 2 is 0.957 bits per heavy atom. The van der Waals surface area contributed by atoms with Crippen LogP contribution >= 0.6 is 0 Å². The largest absolute Gasteiger partial charge is 0.309 e. The quantitative estimate of drug-likeness (QED) is 0.205. The standard InChI is InChI=1S/C42H28N4/c1-3-14-28(15-4-1)40-43-41(29-16-5-2-6-17-29)45-42(44-40)32-20-13-21-33(27-32)46-37-25-12-11-24-36(37)38-34-22-9-7-18-30(34)26-31-19-8-10-23-35(31)39(38)46/h1-25,27H,26H2. The van der Waals surface area contributed by atoms with E-state index in [-0.39, 0.29) is 0 Å². The van der Waals surface area contributed by atoms with E-state index in [9.17, 15) is 0 Å². The molecule has 1 aliphatic carbocycles. The smallest absolute Gasteiger partial charge is 0.164 e. The fourth-order valence-electron chi connectivity index (χ4n) is 6.79. The maximum atomic E-state index is 5.02. The first kappa shape index (κ1) is 26.3. The second-order valence-electron chi connectivity index (χ2n) is 11.7. The molecule has 0 saturated carbocycles. The van der Waals surface area contributed by atoms with E-state index in [1.807, 2.05) is 60.7 Å². The molecule has 4 heteroatoms. The van der Waals surface area contributed by atoms with Crippen molar-refractivity contribution in [3.05, 3.63) is 169 Å². The van der Waals surface area contributed by atoms with Crippen LogP contribution in [0.5, 0.6) is 0 Å². The first-order valence-electron chi connectivity index (χ1n) is 15.6. The second kappa shape index (κ2) is 10.8. The fraction of sp³-hybridized carbons (Fsp3) is 0.0238. The Morgan fingerprint density at radius 1 is 0.435 bits per heavy atom. The van der Waals surface area contributed by atoms with Crippen LogP contribution in [-0.4, -0.2) is 19.5 Å². The summed E-state index contributed by atoms with van der Waals surface area (Å²) in [6.45, 7) is 0. The Hall–Kier alpha value is -6.13. The average Bonchev–Trinajstić information content (AvgIpc) is 3.40. The zero-order chi connectivity index (χ0) is 30.5. The summed E-state index contributed by atoms with van der Waals surface area (Å²) < 4.78 is 2.42. The third-order valence-corrected chi connectivity index (χ3v) is 8.88. The van der Waals surface area contributed by atoms with Gasteiger partial charge in [0.15, 0.2) is 17.5 Å². The number of para-hydroxylation sites is 1. The van der Waals surface area contributed by atoms with Crippen molar-refractivity contribution in [2.75, 3.05) is 0 Å². The van der Waals surface area contributed by atoms with Gasteiger partial charge in [-0.2, -0.15) is 0 Å². The maximum absolute atomic E-state index is 5.02. The van der Waals surface area contributed by atoms with E-state index in [0.717, 1.165) is 28.8 Å². The topological polar surface area (TPSA) is 43.6 Å². The highest BCUT2D eigenvalue weighted by atomic mass is 15.0. The Bertz CT molecular complexity index is 2330. The van der Waals surface area contributed by atoms with Crippen LogP contribution < -0.4 is 0 Å². The molecule has 2 heterocycles. The van der Waals surface area contributed by atoms with E-state index in [1.165, 1.54) is 44.4 Å². The van der Waals surface area contributed by atoms with E-state index in [2.05, 4.69) is 102 Å². The van der Waals surface area contributed by atoms with Crippen LogP contribution in [0.2, 0.25) is 0 Å². The van der Waals surface area contributed by atoms with Gasteiger partial charge < -0.3 is 4.57 Å². The number of aromatic nitrogens is 4. The number of fused-ring (bicyclic) bond motifs is 7. The molecule has 0 fully saturated rings. The Balaban J connectivity index is 1.30. The third kappa shape index (κ3) is 4.34. The summed E-state index contributed by atoms with van der Waals surface area (Å²) >= 11 is 0. The molecular formula is C42H28N4. The lowest BCUT2D eigenvalue weighted by Gasteiger charge is -2.15. The minimum absolute atomic E-state index is 0.642. The molecule has 0 unspecified atom stereocenters. The van der Waals surface area contributed by atoms with Crippen LogP contribution in [0, 0.1) is 0 Å². The first-order chi connectivity index (χ1) is 22.8.